The minimum absolute atomic E-state index is 0.0135. The molecule has 3 rings (SSSR count). The molecule has 0 spiro atoms. The van der Waals surface area contributed by atoms with Crippen LogP contribution in [0.1, 0.15) is 47.7 Å². The summed E-state index contributed by atoms with van der Waals surface area (Å²) in [5.41, 5.74) is 3.30. The lowest BCUT2D eigenvalue weighted by Crippen LogP contribution is -2.31. The Morgan fingerprint density at radius 1 is 1.12 bits per heavy atom. The van der Waals surface area contributed by atoms with Gasteiger partial charge in [-0.3, -0.25) is 9.69 Å². The van der Waals surface area contributed by atoms with Crippen LogP contribution >= 0.6 is 0 Å². The molecule has 1 aliphatic rings. The number of phenols is 1. The average Bonchev–Trinajstić information content (AvgIpc) is 2.64. The number of carbonyl (C=O) groups excluding carboxylic acids is 1. The number of rotatable bonds is 8. The number of hydrogen-bond acceptors (Lipinski definition) is 4. The van der Waals surface area contributed by atoms with E-state index >= 15 is 0 Å². The van der Waals surface area contributed by atoms with Crippen molar-refractivity contribution in [2.75, 3.05) is 19.7 Å². The molecule has 26 heavy (non-hydrogen) atoms. The Morgan fingerprint density at radius 2 is 1.92 bits per heavy atom. The molecule has 0 fully saturated rings. The van der Waals surface area contributed by atoms with Gasteiger partial charge in [0.1, 0.15) is 11.5 Å². The lowest BCUT2D eigenvalue weighted by molar-refractivity contribution is 0.101. The summed E-state index contributed by atoms with van der Waals surface area (Å²) in [6.45, 7) is 5.41. The Labute approximate surface area is 155 Å². The van der Waals surface area contributed by atoms with Gasteiger partial charge in [-0.05, 0) is 62.4 Å². The number of ether oxygens (including phenoxy) is 1. The van der Waals surface area contributed by atoms with Crippen LogP contribution in [0.4, 0.5) is 0 Å². The van der Waals surface area contributed by atoms with Gasteiger partial charge < -0.3 is 9.84 Å². The molecule has 0 aromatic heterocycles. The predicted octanol–water partition coefficient (Wildman–Crippen LogP) is 4.20. The summed E-state index contributed by atoms with van der Waals surface area (Å²) in [5, 5.41) is 9.81. The third-order valence-corrected chi connectivity index (χ3v) is 4.95. The molecular formula is C22H27NO3. The smallest absolute Gasteiger partial charge is 0.163 e. The van der Waals surface area contributed by atoms with Crippen molar-refractivity contribution in [1.29, 1.82) is 0 Å². The molecule has 0 aliphatic carbocycles. The molecular weight excluding hydrogens is 326 g/mol. The third kappa shape index (κ3) is 4.85. The second-order valence-corrected chi connectivity index (χ2v) is 6.94. The average molecular weight is 353 g/mol. The summed E-state index contributed by atoms with van der Waals surface area (Å²) >= 11 is 0. The normalized spacial score (nSPS) is 14.0. The van der Waals surface area contributed by atoms with Gasteiger partial charge in [-0.15, -0.1) is 0 Å². The number of ketones is 1. The van der Waals surface area contributed by atoms with E-state index < -0.39 is 0 Å². The van der Waals surface area contributed by atoms with Crippen molar-refractivity contribution in [3.63, 3.8) is 0 Å². The molecule has 0 atom stereocenters. The van der Waals surface area contributed by atoms with Crippen molar-refractivity contribution in [2.45, 2.75) is 39.2 Å². The van der Waals surface area contributed by atoms with Gasteiger partial charge in [-0.2, -0.15) is 0 Å². The van der Waals surface area contributed by atoms with E-state index in [1.54, 1.807) is 12.1 Å². The number of aromatic hydroxyl groups is 1. The summed E-state index contributed by atoms with van der Waals surface area (Å²) in [7, 11) is 0. The lowest BCUT2D eigenvalue weighted by atomic mass is 10.00. The number of unbranched alkanes of at least 4 members (excludes halogenated alkanes) is 2. The Kier molecular flexibility index (Phi) is 6.29. The van der Waals surface area contributed by atoms with E-state index in [2.05, 4.69) is 29.2 Å². The van der Waals surface area contributed by atoms with Crippen molar-refractivity contribution < 1.29 is 14.6 Å². The quantitative estimate of drug-likeness (QED) is 0.571. The molecule has 0 saturated carbocycles. The Bertz CT molecular complexity index is 757. The molecule has 0 saturated heterocycles. The molecule has 0 bridgehead atoms. The zero-order valence-corrected chi connectivity index (χ0v) is 15.4. The van der Waals surface area contributed by atoms with Crippen LogP contribution in [0, 0.1) is 0 Å². The summed E-state index contributed by atoms with van der Waals surface area (Å²) in [5.74, 6) is 0.454. The zero-order valence-electron chi connectivity index (χ0n) is 15.4. The Balaban J connectivity index is 1.33. The van der Waals surface area contributed by atoms with Gasteiger partial charge in [0.15, 0.2) is 5.78 Å². The number of fused-ring (bicyclic) bond motifs is 1. The predicted molar refractivity (Wildman–Crippen MR) is 103 cm³/mol. The van der Waals surface area contributed by atoms with E-state index in [-0.39, 0.29) is 11.5 Å². The highest BCUT2D eigenvalue weighted by Crippen LogP contribution is 2.24. The summed E-state index contributed by atoms with van der Waals surface area (Å²) < 4.78 is 5.68. The fourth-order valence-electron chi connectivity index (χ4n) is 3.45. The maximum atomic E-state index is 11.3. The van der Waals surface area contributed by atoms with Crippen LogP contribution in [0.5, 0.6) is 11.5 Å². The second-order valence-electron chi connectivity index (χ2n) is 6.94. The van der Waals surface area contributed by atoms with Gasteiger partial charge in [0.25, 0.3) is 0 Å². The number of nitrogens with zero attached hydrogens (tertiary/aromatic N) is 1. The summed E-state index contributed by atoms with van der Waals surface area (Å²) in [6, 6.07) is 13.6. The van der Waals surface area contributed by atoms with E-state index in [1.165, 1.54) is 30.5 Å². The van der Waals surface area contributed by atoms with Gasteiger partial charge in [0.2, 0.25) is 0 Å². The highest BCUT2D eigenvalue weighted by Gasteiger charge is 2.14. The summed E-state index contributed by atoms with van der Waals surface area (Å²) in [6.07, 6.45) is 4.42. The molecule has 1 aliphatic heterocycles. The molecule has 4 nitrogen and oxygen atoms in total. The molecule has 0 unspecified atom stereocenters. The first-order valence-corrected chi connectivity index (χ1v) is 9.39. The highest BCUT2D eigenvalue weighted by atomic mass is 16.5. The third-order valence-electron chi connectivity index (χ3n) is 4.95. The summed E-state index contributed by atoms with van der Waals surface area (Å²) in [4.78, 5) is 13.8. The number of Topliss-reactive ketones (excluding diaryl/α,β-unsaturated/α-hetero) is 1. The fourth-order valence-corrected chi connectivity index (χ4v) is 3.45. The number of carbonyl (C=O) groups is 1. The molecule has 1 N–H and O–H groups in total. The van der Waals surface area contributed by atoms with Crippen molar-refractivity contribution in [3.8, 4) is 11.5 Å². The molecule has 138 valence electrons. The first-order valence-electron chi connectivity index (χ1n) is 9.39. The van der Waals surface area contributed by atoms with E-state index in [0.717, 1.165) is 38.9 Å². The van der Waals surface area contributed by atoms with E-state index in [0.29, 0.717) is 17.9 Å². The van der Waals surface area contributed by atoms with Crippen LogP contribution in [0.3, 0.4) is 0 Å². The SMILES string of the molecule is CC(=O)c1ccc(OCCCCCN2CCc3ccccc3C2)cc1O. The van der Waals surface area contributed by atoms with E-state index in [9.17, 15) is 9.90 Å². The van der Waals surface area contributed by atoms with Crippen molar-refractivity contribution in [3.05, 3.63) is 59.2 Å². The van der Waals surface area contributed by atoms with Crippen LogP contribution in [0.25, 0.3) is 0 Å². The van der Waals surface area contributed by atoms with Gasteiger partial charge >= 0.3 is 0 Å². The van der Waals surface area contributed by atoms with Gasteiger partial charge in [-0.1, -0.05) is 24.3 Å². The molecule has 2 aromatic rings. The van der Waals surface area contributed by atoms with Crippen molar-refractivity contribution in [2.24, 2.45) is 0 Å². The zero-order chi connectivity index (χ0) is 18.4. The van der Waals surface area contributed by atoms with Gasteiger partial charge in [-0.25, -0.2) is 0 Å². The van der Waals surface area contributed by atoms with Gasteiger partial charge in [0.05, 0.1) is 12.2 Å². The first-order chi connectivity index (χ1) is 12.6. The van der Waals surface area contributed by atoms with Crippen LogP contribution in [-0.2, 0) is 13.0 Å². The van der Waals surface area contributed by atoms with Gasteiger partial charge in [0, 0.05) is 19.2 Å². The largest absolute Gasteiger partial charge is 0.507 e. The minimum atomic E-state index is -0.144. The Hall–Kier alpha value is -2.33. The standard InChI is InChI=1S/C22H27NO3/c1-17(24)21-10-9-20(15-22(21)25)26-14-6-2-5-12-23-13-11-18-7-3-4-8-19(18)16-23/h3-4,7-10,15,25H,2,5-6,11-14,16H2,1H3. The number of phenolic OH excluding ortho intramolecular Hbond substituents is 1. The Morgan fingerprint density at radius 3 is 2.69 bits per heavy atom. The van der Waals surface area contributed by atoms with Crippen LogP contribution in [0.2, 0.25) is 0 Å². The lowest BCUT2D eigenvalue weighted by Gasteiger charge is -2.28. The van der Waals surface area contributed by atoms with Crippen LogP contribution in [-0.4, -0.2) is 35.5 Å². The first kappa shape index (κ1) is 18.5. The van der Waals surface area contributed by atoms with Crippen LogP contribution < -0.4 is 4.74 Å². The maximum absolute atomic E-state index is 11.3. The molecule has 4 heteroatoms. The molecule has 0 radical (unpaired) electrons. The maximum Gasteiger partial charge on any atom is 0.163 e. The highest BCUT2D eigenvalue weighted by molar-refractivity contribution is 5.96. The van der Waals surface area contributed by atoms with Crippen molar-refractivity contribution >= 4 is 5.78 Å². The van der Waals surface area contributed by atoms with Crippen LogP contribution in [0.15, 0.2) is 42.5 Å². The molecule has 0 amide bonds. The minimum Gasteiger partial charge on any atom is -0.507 e. The van der Waals surface area contributed by atoms with E-state index in [1.807, 2.05) is 0 Å². The topological polar surface area (TPSA) is 49.8 Å². The molecule has 1 heterocycles. The number of benzene rings is 2. The number of hydrogen-bond donors (Lipinski definition) is 1. The fraction of sp³-hybridized carbons (Fsp3) is 0.409. The van der Waals surface area contributed by atoms with Crippen molar-refractivity contribution in [1.82, 2.24) is 4.90 Å². The van der Waals surface area contributed by atoms with E-state index in [4.69, 9.17) is 4.74 Å². The molecule has 2 aromatic carbocycles. The monoisotopic (exact) mass is 353 g/mol. The second kappa shape index (κ2) is 8.86.